The fourth-order valence-corrected chi connectivity index (χ4v) is 2.30. The van der Waals surface area contributed by atoms with Gasteiger partial charge in [-0.25, -0.2) is 17.2 Å². The summed E-state index contributed by atoms with van der Waals surface area (Å²) in [5.74, 6) is 0. The molecule has 0 heterocycles. The van der Waals surface area contributed by atoms with Crippen molar-refractivity contribution >= 4 is 0 Å². The van der Waals surface area contributed by atoms with E-state index in [1.807, 2.05) is 0 Å². The molecule has 0 atom stereocenters. The summed E-state index contributed by atoms with van der Waals surface area (Å²) < 4.78 is 0. The van der Waals surface area contributed by atoms with E-state index < -0.39 is 0 Å². The number of hydrogen-bond donors (Lipinski definition) is 0. The second-order valence-corrected chi connectivity index (χ2v) is 5.68. The van der Waals surface area contributed by atoms with Crippen molar-refractivity contribution in [3.63, 3.8) is 0 Å². The van der Waals surface area contributed by atoms with Crippen LogP contribution >= 0.6 is 0 Å². The molecule has 2 aliphatic rings. The van der Waals surface area contributed by atoms with Crippen molar-refractivity contribution in [3.8, 4) is 0 Å². The van der Waals surface area contributed by atoms with Gasteiger partial charge in [-0.1, -0.05) is 52.9 Å². The molecule has 0 spiro atoms. The minimum absolute atomic E-state index is 0. The van der Waals surface area contributed by atoms with Crippen molar-refractivity contribution in [2.75, 3.05) is 0 Å². The maximum absolute atomic E-state index is 3.44. The van der Waals surface area contributed by atoms with Gasteiger partial charge in [0, 0.05) is 25.8 Å². The molecule has 0 unspecified atom stereocenters. The number of rotatable bonds is 2. The van der Waals surface area contributed by atoms with E-state index in [0.717, 1.165) is 6.42 Å². The smallest absolute Gasteiger partial charge is 0 e. The topological polar surface area (TPSA) is 0 Å². The Hall–Kier alpha value is -0.170. The van der Waals surface area contributed by atoms with Gasteiger partial charge in [-0.15, -0.1) is 13.3 Å². The van der Waals surface area contributed by atoms with E-state index >= 15 is 0 Å². The van der Waals surface area contributed by atoms with E-state index in [1.165, 1.54) is 35.1 Å². The van der Waals surface area contributed by atoms with E-state index in [4.69, 9.17) is 0 Å². The standard InChI is InChI=1S/C10H15.C8H11.Hf/c1-7-6-10(4,5)9(3)8(7)2;1-2-5-8-6-3-4-7-8;/h1-5H3;3,6H,2,4-5H2,1H3;/q2*-1;. The number of hydrogen-bond acceptors (Lipinski definition) is 0. The van der Waals surface area contributed by atoms with E-state index in [0.29, 0.717) is 0 Å². The molecule has 0 aromatic heterocycles. The Morgan fingerprint density at radius 1 is 1.21 bits per heavy atom. The molecule has 19 heavy (non-hydrogen) atoms. The summed E-state index contributed by atoms with van der Waals surface area (Å²) in [5, 5.41) is 0. The largest absolute Gasteiger partial charge is 0.269 e. The summed E-state index contributed by atoms with van der Waals surface area (Å²) >= 11 is 0. The summed E-state index contributed by atoms with van der Waals surface area (Å²) in [6.45, 7) is 13.1. The van der Waals surface area contributed by atoms with Crippen LogP contribution in [-0.2, 0) is 25.8 Å². The molecule has 0 amide bonds. The Balaban J connectivity index is 0.000000331. The average Bonchev–Trinajstić information content (AvgIpc) is 2.85. The van der Waals surface area contributed by atoms with Crippen molar-refractivity contribution in [3.05, 3.63) is 46.6 Å². The Labute approximate surface area is 138 Å². The number of allylic oxidation sites excluding steroid dienone is 8. The fraction of sp³-hybridized carbons (Fsp3) is 0.556. The van der Waals surface area contributed by atoms with Crippen LogP contribution < -0.4 is 0 Å². The molecule has 0 aromatic carbocycles. The van der Waals surface area contributed by atoms with Crippen LogP contribution in [0.3, 0.4) is 0 Å². The molecule has 2 aliphatic carbocycles. The first-order valence-electron chi connectivity index (χ1n) is 6.94. The van der Waals surface area contributed by atoms with Crippen LogP contribution in [0.2, 0.25) is 0 Å². The summed E-state index contributed by atoms with van der Waals surface area (Å²) in [6.07, 6.45) is 14.5. The van der Waals surface area contributed by atoms with Gasteiger partial charge < -0.3 is 0 Å². The molecule has 0 nitrogen and oxygen atoms in total. The Morgan fingerprint density at radius 2 is 1.84 bits per heavy atom. The summed E-state index contributed by atoms with van der Waals surface area (Å²) in [4.78, 5) is 0. The van der Waals surface area contributed by atoms with Crippen molar-refractivity contribution < 1.29 is 25.8 Å². The summed E-state index contributed by atoms with van der Waals surface area (Å²) in [6, 6.07) is 0. The fourth-order valence-electron chi connectivity index (χ4n) is 2.30. The minimum atomic E-state index is 0. The third kappa shape index (κ3) is 5.38. The summed E-state index contributed by atoms with van der Waals surface area (Å²) in [7, 11) is 0. The molecule has 0 aliphatic heterocycles. The van der Waals surface area contributed by atoms with E-state index in [1.54, 1.807) is 0 Å². The van der Waals surface area contributed by atoms with E-state index in [-0.39, 0.29) is 31.3 Å². The van der Waals surface area contributed by atoms with Crippen molar-refractivity contribution in [1.29, 1.82) is 0 Å². The van der Waals surface area contributed by atoms with Crippen molar-refractivity contribution in [2.24, 2.45) is 5.41 Å². The molecule has 0 N–H and O–H groups in total. The average molecular weight is 421 g/mol. The molecule has 1 heteroatoms. The normalized spacial score (nSPS) is 19.5. The molecular weight excluding hydrogens is 395 g/mol. The van der Waals surface area contributed by atoms with Gasteiger partial charge >= 0.3 is 0 Å². The van der Waals surface area contributed by atoms with E-state index in [2.05, 4.69) is 65.8 Å². The van der Waals surface area contributed by atoms with Crippen molar-refractivity contribution in [1.82, 2.24) is 0 Å². The Morgan fingerprint density at radius 3 is 2.11 bits per heavy atom. The SMILES string of the molecule is CC1=[C-]C(C)(C)C(C)=C1C.CCCC1=[C-]CC=C1.[Hf]. The zero-order chi connectivity index (χ0) is 13.8. The summed E-state index contributed by atoms with van der Waals surface area (Å²) in [5.41, 5.74) is 5.79. The first-order chi connectivity index (χ1) is 8.38. The van der Waals surface area contributed by atoms with Crippen LogP contribution in [-0.4, -0.2) is 0 Å². The molecule has 0 radical (unpaired) electrons. The van der Waals surface area contributed by atoms with Gasteiger partial charge in [-0.05, 0) is 0 Å². The van der Waals surface area contributed by atoms with Gasteiger partial charge in [0.25, 0.3) is 0 Å². The zero-order valence-corrected chi connectivity index (χ0v) is 16.9. The van der Waals surface area contributed by atoms with Crippen LogP contribution in [0.1, 0.15) is 60.8 Å². The molecule has 2 rings (SSSR count). The van der Waals surface area contributed by atoms with Crippen LogP contribution in [0.5, 0.6) is 0 Å². The van der Waals surface area contributed by atoms with Crippen LogP contribution in [0.25, 0.3) is 0 Å². The van der Waals surface area contributed by atoms with Gasteiger partial charge in [0.05, 0.1) is 0 Å². The van der Waals surface area contributed by atoms with Gasteiger partial charge in [-0.3, -0.25) is 12.2 Å². The third-order valence-corrected chi connectivity index (χ3v) is 3.85. The monoisotopic (exact) mass is 422 g/mol. The van der Waals surface area contributed by atoms with E-state index in [9.17, 15) is 0 Å². The van der Waals surface area contributed by atoms with Gasteiger partial charge in [0.15, 0.2) is 0 Å². The maximum Gasteiger partial charge on any atom is 0 e. The zero-order valence-electron chi connectivity index (χ0n) is 13.3. The minimum Gasteiger partial charge on any atom is -0.269 e. The predicted octanol–water partition coefficient (Wildman–Crippen LogP) is 5.59. The Bertz CT molecular complexity index is 417. The molecule has 104 valence electrons. The third-order valence-electron chi connectivity index (χ3n) is 3.85. The maximum atomic E-state index is 3.44. The van der Waals surface area contributed by atoms with Gasteiger partial charge in [-0.2, -0.15) is 17.2 Å². The Kier molecular flexibility index (Phi) is 8.12. The van der Waals surface area contributed by atoms with Crippen LogP contribution in [0, 0.1) is 17.6 Å². The molecular formula is C18H26Hf-2. The second kappa shape index (κ2) is 8.19. The predicted molar refractivity (Wildman–Crippen MR) is 80.0 cm³/mol. The molecule has 0 aromatic rings. The van der Waals surface area contributed by atoms with Crippen LogP contribution in [0.15, 0.2) is 34.4 Å². The second-order valence-electron chi connectivity index (χ2n) is 5.68. The van der Waals surface area contributed by atoms with Gasteiger partial charge in [0.1, 0.15) is 0 Å². The quantitative estimate of drug-likeness (QED) is 0.404. The van der Waals surface area contributed by atoms with Crippen LogP contribution in [0.4, 0.5) is 0 Å². The molecule has 0 fully saturated rings. The van der Waals surface area contributed by atoms with Crippen molar-refractivity contribution in [2.45, 2.75) is 60.8 Å². The first-order valence-corrected chi connectivity index (χ1v) is 6.94. The first kappa shape index (κ1) is 18.8. The van der Waals surface area contributed by atoms with Gasteiger partial charge in [0.2, 0.25) is 0 Å². The molecule has 0 saturated heterocycles. The molecule has 0 bridgehead atoms. The molecule has 0 saturated carbocycles.